The molecule has 0 spiro atoms. The highest BCUT2D eigenvalue weighted by Crippen LogP contribution is 2.16. The van der Waals surface area contributed by atoms with Crippen molar-refractivity contribution >= 4 is 28.9 Å². The van der Waals surface area contributed by atoms with E-state index in [4.69, 9.17) is 10.7 Å². The Bertz CT molecular complexity index is 1020. The van der Waals surface area contributed by atoms with Crippen molar-refractivity contribution in [2.75, 3.05) is 5.32 Å². The Labute approximate surface area is 150 Å². The van der Waals surface area contributed by atoms with Crippen LogP contribution in [0.5, 0.6) is 0 Å². The Kier molecular flexibility index (Phi) is 4.78. The third kappa shape index (κ3) is 4.03. The summed E-state index contributed by atoms with van der Waals surface area (Å²) in [5, 5.41) is 20.5. The van der Waals surface area contributed by atoms with Crippen LogP contribution in [0.3, 0.4) is 0 Å². The lowest BCUT2D eigenvalue weighted by Gasteiger charge is -2.11. The van der Waals surface area contributed by atoms with Crippen LogP contribution in [0.25, 0.3) is 0 Å². The van der Waals surface area contributed by atoms with Crippen molar-refractivity contribution in [2.45, 2.75) is 13.8 Å². The lowest BCUT2D eigenvalue weighted by atomic mass is 10.2. The average Bonchev–Trinajstić information content (AvgIpc) is 2.95. The van der Waals surface area contributed by atoms with Crippen molar-refractivity contribution in [3.8, 4) is 6.07 Å². The van der Waals surface area contributed by atoms with E-state index in [0.717, 1.165) is 21.8 Å². The fraction of sp³-hybridized carbons (Fsp3) is 0.105. The minimum Gasteiger partial charge on any atom is -0.325 e. The molecule has 1 heterocycles. The van der Waals surface area contributed by atoms with Gasteiger partial charge in [-0.1, -0.05) is 35.3 Å². The molecule has 2 aromatic carbocycles. The molecule has 0 radical (unpaired) electrons. The first-order chi connectivity index (χ1) is 12.0. The Morgan fingerprint density at radius 3 is 2.56 bits per heavy atom. The molecule has 0 saturated carbocycles. The fourth-order valence-corrected chi connectivity index (χ4v) is 3.07. The summed E-state index contributed by atoms with van der Waals surface area (Å²) in [6.07, 6.45) is 0. The van der Waals surface area contributed by atoms with Gasteiger partial charge in [0.1, 0.15) is 5.49 Å². The van der Waals surface area contributed by atoms with Gasteiger partial charge in [-0.3, -0.25) is 5.41 Å². The predicted molar refractivity (Wildman–Crippen MR) is 101 cm³/mol. The van der Waals surface area contributed by atoms with Crippen LogP contribution in [0.1, 0.15) is 16.0 Å². The average molecular weight is 347 g/mol. The second kappa shape index (κ2) is 7.16. The number of aromatic nitrogens is 1. The molecule has 5 nitrogen and oxygen atoms in total. The molecule has 124 valence electrons. The van der Waals surface area contributed by atoms with E-state index in [-0.39, 0.29) is 0 Å². The molecule has 3 rings (SSSR count). The summed E-state index contributed by atoms with van der Waals surface area (Å²) in [5.74, 6) is 0.530. The second-order valence-electron chi connectivity index (χ2n) is 5.61. The van der Waals surface area contributed by atoms with E-state index in [1.54, 1.807) is 22.2 Å². The van der Waals surface area contributed by atoms with Gasteiger partial charge in [0.2, 0.25) is 5.96 Å². The molecule has 0 aliphatic rings. The number of hydrogen-bond acceptors (Lipinski definition) is 4. The van der Waals surface area contributed by atoms with Crippen LogP contribution < -0.4 is 10.8 Å². The Balaban J connectivity index is 2.05. The molecule has 6 heteroatoms. The maximum absolute atomic E-state index is 9.08. The maximum Gasteiger partial charge on any atom is 0.223 e. The number of aryl methyl sites for hydroxylation is 2. The Morgan fingerprint density at radius 2 is 1.92 bits per heavy atom. The number of nitrogens with zero attached hydrogens (tertiary/aromatic N) is 3. The molecule has 25 heavy (non-hydrogen) atoms. The van der Waals surface area contributed by atoms with Gasteiger partial charge in [-0.05, 0) is 50.2 Å². The van der Waals surface area contributed by atoms with Gasteiger partial charge in [-0.15, -0.1) is 0 Å². The summed E-state index contributed by atoms with van der Waals surface area (Å²) in [4.78, 5) is 5.69. The zero-order chi connectivity index (χ0) is 17.8. The fourth-order valence-electron chi connectivity index (χ4n) is 2.29. The molecule has 0 fully saturated rings. The zero-order valence-electron chi connectivity index (χ0n) is 13.9. The Morgan fingerprint density at radius 1 is 1.16 bits per heavy atom. The molecular formula is C19H17N5S. The smallest absolute Gasteiger partial charge is 0.223 e. The number of hydrogen-bond donors (Lipinski definition) is 2. The number of aliphatic imine (C=N–C) groups is 1. The summed E-state index contributed by atoms with van der Waals surface area (Å²) >= 11 is 1.44. The molecule has 3 aromatic rings. The molecule has 0 unspecified atom stereocenters. The number of nitriles is 1. The third-order valence-electron chi connectivity index (χ3n) is 3.50. The SMILES string of the molecule is Cc1ccc(N=C(Nc2cccc(C#N)c2)n2sc(C)cc2=N)cc1. The van der Waals surface area contributed by atoms with Crippen LogP contribution in [-0.2, 0) is 0 Å². The molecule has 0 aliphatic heterocycles. The molecule has 0 amide bonds. The van der Waals surface area contributed by atoms with Gasteiger partial charge >= 0.3 is 0 Å². The molecule has 0 aliphatic carbocycles. The molecule has 1 aromatic heterocycles. The van der Waals surface area contributed by atoms with Crippen LogP contribution >= 0.6 is 11.5 Å². The third-order valence-corrected chi connectivity index (χ3v) is 4.46. The van der Waals surface area contributed by atoms with E-state index in [1.165, 1.54) is 11.5 Å². The highest BCUT2D eigenvalue weighted by Gasteiger charge is 2.08. The minimum absolute atomic E-state index is 0.359. The van der Waals surface area contributed by atoms with Crippen LogP contribution in [0.2, 0.25) is 0 Å². The van der Waals surface area contributed by atoms with Gasteiger partial charge < -0.3 is 5.32 Å². The van der Waals surface area contributed by atoms with Gasteiger partial charge in [0, 0.05) is 10.6 Å². The first-order valence-corrected chi connectivity index (χ1v) is 8.50. The quantitative estimate of drug-likeness (QED) is 0.539. The predicted octanol–water partition coefficient (Wildman–Crippen LogP) is 4.17. The molecule has 0 atom stereocenters. The van der Waals surface area contributed by atoms with Crippen molar-refractivity contribution in [3.63, 3.8) is 0 Å². The van der Waals surface area contributed by atoms with Crippen molar-refractivity contribution < 1.29 is 0 Å². The Hall–Kier alpha value is -3.17. The number of benzene rings is 2. The van der Waals surface area contributed by atoms with Crippen molar-refractivity contribution in [1.29, 1.82) is 10.7 Å². The zero-order valence-corrected chi connectivity index (χ0v) is 14.8. The van der Waals surface area contributed by atoms with Crippen molar-refractivity contribution in [3.05, 3.63) is 76.1 Å². The number of anilines is 1. The van der Waals surface area contributed by atoms with Gasteiger partial charge in [-0.2, -0.15) is 5.26 Å². The van der Waals surface area contributed by atoms with E-state index in [9.17, 15) is 0 Å². The standard InChI is InChI=1S/C19H17N5S/c1-13-6-8-16(9-7-13)22-19(24-18(21)10-14(2)25-24)23-17-5-3-4-15(11-17)12-20/h3-11,21H,1-2H3,(H,22,23). The van der Waals surface area contributed by atoms with E-state index in [2.05, 4.69) is 16.4 Å². The lowest BCUT2D eigenvalue weighted by Crippen LogP contribution is -2.28. The van der Waals surface area contributed by atoms with Gasteiger partial charge in [0.05, 0.1) is 17.3 Å². The number of nitrogens with one attached hydrogen (secondary N) is 2. The highest BCUT2D eigenvalue weighted by atomic mass is 32.1. The topological polar surface area (TPSA) is 77.0 Å². The highest BCUT2D eigenvalue weighted by molar-refractivity contribution is 7.07. The van der Waals surface area contributed by atoms with E-state index >= 15 is 0 Å². The van der Waals surface area contributed by atoms with Gasteiger partial charge in [0.25, 0.3) is 0 Å². The van der Waals surface area contributed by atoms with Crippen molar-refractivity contribution in [1.82, 2.24) is 3.96 Å². The second-order valence-corrected chi connectivity index (χ2v) is 6.81. The molecule has 0 bridgehead atoms. The van der Waals surface area contributed by atoms with Gasteiger partial charge in [-0.25, -0.2) is 8.95 Å². The lowest BCUT2D eigenvalue weighted by molar-refractivity contribution is 1.07. The van der Waals surface area contributed by atoms with Crippen LogP contribution in [-0.4, -0.2) is 9.92 Å². The van der Waals surface area contributed by atoms with Crippen LogP contribution in [0, 0.1) is 30.6 Å². The molecule has 2 N–H and O–H groups in total. The summed E-state index contributed by atoms with van der Waals surface area (Å²) < 4.78 is 1.73. The van der Waals surface area contributed by atoms with E-state index in [0.29, 0.717) is 17.0 Å². The summed E-state index contributed by atoms with van der Waals surface area (Å²) in [5.41, 5.74) is 3.64. The van der Waals surface area contributed by atoms with Crippen molar-refractivity contribution in [2.24, 2.45) is 4.99 Å². The van der Waals surface area contributed by atoms with Gasteiger partial charge in [0.15, 0.2) is 0 Å². The van der Waals surface area contributed by atoms with Crippen LogP contribution in [0.4, 0.5) is 11.4 Å². The first kappa shape index (κ1) is 16.7. The number of rotatable bonds is 2. The summed E-state index contributed by atoms with van der Waals surface area (Å²) in [6, 6.07) is 19.0. The normalized spacial score (nSPS) is 11.2. The van der Waals surface area contributed by atoms with E-state index in [1.807, 2.05) is 50.2 Å². The first-order valence-electron chi connectivity index (χ1n) is 7.72. The monoisotopic (exact) mass is 347 g/mol. The minimum atomic E-state index is 0.359. The molecular weight excluding hydrogens is 330 g/mol. The van der Waals surface area contributed by atoms with Crippen LogP contribution in [0.15, 0.2) is 59.6 Å². The summed E-state index contributed by atoms with van der Waals surface area (Å²) in [6.45, 7) is 3.98. The summed E-state index contributed by atoms with van der Waals surface area (Å²) in [7, 11) is 0. The van der Waals surface area contributed by atoms with E-state index < -0.39 is 0 Å². The molecule has 0 saturated heterocycles. The largest absolute Gasteiger partial charge is 0.325 e. The maximum atomic E-state index is 9.08.